The zero-order valence-electron chi connectivity index (χ0n) is 14.3. The minimum atomic E-state index is -0.951. The van der Waals surface area contributed by atoms with Crippen molar-refractivity contribution in [3.63, 3.8) is 0 Å². The second-order valence-corrected chi connectivity index (χ2v) is 7.08. The largest absolute Gasteiger partial charge is 0.346 e. The van der Waals surface area contributed by atoms with E-state index < -0.39 is 11.6 Å². The van der Waals surface area contributed by atoms with Gasteiger partial charge in [0.25, 0.3) is 5.91 Å². The molecule has 0 radical (unpaired) electrons. The predicted octanol–water partition coefficient (Wildman–Crippen LogP) is 0.755. The summed E-state index contributed by atoms with van der Waals surface area (Å²) in [5.41, 5.74) is 0.0445. The molecule has 130 valence electrons. The van der Waals surface area contributed by atoms with Gasteiger partial charge in [-0.1, -0.05) is 0 Å². The van der Waals surface area contributed by atoms with E-state index in [1.54, 1.807) is 24.9 Å². The van der Waals surface area contributed by atoms with E-state index in [0.717, 1.165) is 29.3 Å². The monoisotopic (exact) mass is 333 g/mol. The quantitative estimate of drug-likeness (QED) is 0.798. The molecule has 0 spiro atoms. The average Bonchev–Trinajstić information content (AvgIpc) is 3.04. The first-order valence-electron chi connectivity index (χ1n) is 8.21. The molecule has 0 aliphatic carbocycles. The Bertz CT molecular complexity index is 681. The number of likely N-dealkylation sites (tertiary alicyclic amines) is 1. The number of hydrogen-bond acceptors (Lipinski definition) is 4. The van der Waals surface area contributed by atoms with Gasteiger partial charge in [-0.15, -0.1) is 0 Å². The molecule has 1 aromatic rings. The number of urea groups is 1. The van der Waals surface area contributed by atoms with E-state index in [4.69, 9.17) is 0 Å². The van der Waals surface area contributed by atoms with Gasteiger partial charge in [-0.3, -0.25) is 14.5 Å². The van der Waals surface area contributed by atoms with Crippen LogP contribution < -0.4 is 5.32 Å². The van der Waals surface area contributed by atoms with Gasteiger partial charge in [0.1, 0.15) is 17.9 Å². The molecule has 2 saturated heterocycles. The number of carbonyl (C=O) groups is 3. The highest BCUT2D eigenvalue weighted by Crippen LogP contribution is 2.25. The molecule has 4 amide bonds. The van der Waals surface area contributed by atoms with Crippen LogP contribution in [-0.4, -0.2) is 62.8 Å². The number of nitrogens with zero attached hydrogens (tertiary/aromatic N) is 3. The van der Waals surface area contributed by atoms with Crippen molar-refractivity contribution in [1.82, 2.24) is 25.1 Å². The summed E-state index contributed by atoms with van der Waals surface area (Å²) in [6.07, 6.45) is 3.63. The summed E-state index contributed by atoms with van der Waals surface area (Å²) in [6, 6.07) is -0.506. The number of hydrogen-bond donors (Lipinski definition) is 2. The first-order valence-corrected chi connectivity index (χ1v) is 8.21. The molecule has 2 fully saturated rings. The fraction of sp³-hybridized carbons (Fsp3) is 0.625. The van der Waals surface area contributed by atoms with Crippen molar-refractivity contribution in [2.75, 3.05) is 19.6 Å². The smallest absolute Gasteiger partial charge is 0.325 e. The first-order chi connectivity index (χ1) is 11.3. The number of imidazole rings is 1. The van der Waals surface area contributed by atoms with Gasteiger partial charge in [0, 0.05) is 30.9 Å². The number of aryl methyl sites for hydroxylation is 1. The molecule has 1 aromatic heterocycles. The van der Waals surface area contributed by atoms with Gasteiger partial charge in [0.05, 0.1) is 0 Å². The Balaban J connectivity index is 1.65. The Labute approximate surface area is 140 Å². The molecule has 8 nitrogen and oxygen atoms in total. The van der Waals surface area contributed by atoms with E-state index in [0.29, 0.717) is 13.1 Å². The maximum Gasteiger partial charge on any atom is 0.325 e. The number of nitrogens with one attached hydrogen (secondary N) is 2. The van der Waals surface area contributed by atoms with Crippen LogP contribution >= 0.6 is 0 Å². The lowest BCUT2D eigenvalue weighted by molar-refractivity contribution is -0.139. The molecule has 0 saturated carbocycles. The summed E-state index contributed by atoms with van der Waals surface area (Å²) in [5, 5.41) is 2.59. The van der Waals surface area contributed by atoms with E-state index in [9.17, 15) is 14.4 Å². The van der Waals surface area contributed by atoms with Gasteiger partial charge in [-0.2, -0.15) is 0 Å². The summed E-state index contributed by atoms with van der Waals surface area (Å²) in [5.74, 6) is 0.484. The number of aromatic amines is 1. The number of amides is 4. The van der Waals surface area contributed by atoms with Gasteiger partial charge < -0.3 is 15.2 Å². The fourth-order valence-corrected chi connectivity index (χ4v) is 3.26. The predicted molar refractivity (Wildman–Crippen MR) is 86.2 cm³/mol. The third-order valence-electron chi connectivity index (χ3n) is 4.62. The standard InChI is InChI=1S/C16H23N5O3/c1-10-7-17-13(18-10)11-5-4-6-20(8-11)12(22)9-21-14(23)16(2,3)19-15(21)24/h7,11H,4-6,8-9H2,1-3H3,(H,17,18)(H,19,24). The highest BCUT2D eigenvalue weighted by Gasteiger charge is 2.45. The molecule has 2 aliphatic rings. The minimum absolute atomic E-state index is 0.163. The van der Waals surface area contributed by atoms with E-state index in [2.05, 4.69) is 15.3 Å². The highest BCUT2D eigenvalue weighted by atomic mass is 16.2. The van der Waals surface area contributed by atoms with Crippen LogP contribution in [0.1, 0.15) is 44.1 Å². The van der Waals surface area contributed by atoms with E-state index in [1.807, 2.05) is 6.92 Å². The molecule has 8 heteroatoms. The molecule has 1 atom stereocenters. The molecule has 24 heavy (non-hydrogen) atoms. The SMILES string of the molecule is Cc1cnc(C2CCCN(C(=O)CN3C(=O)NC(C)(C)C3=O)C2)[nH]1. The van der Waals surface area contributed by atoms with Gasteiger partial charge in [0.2, 0.25) is 5.91 Å². The zero-order chi connectivity index (χ0) is 17.5. The number of rotatable bonds is 3. The van der Waals surface area contributed by atoms with Crippen LogP contribution in [0.3, 0.4) is 0 Å². The maximum atomic E-state index is 12.6. The van der Waals surface area contributed by atoms with Crippen LogP contribution in [0.15, 0.2) is 6.20 Å². The summed E-state index contributed by atoms with van der Waals surface area (Å²) in [6.45, 7) is 6.20. The maximum absolute atomic E-state index is 12.6. The Morgan fingerprint density at radius 1 is 1.42 bits per heavy atom. The van der Waals surface area contributed by atoms with Gasteiger partial charge >= 0.3 is 6.03 Å². The molecule has 0 bridgehead atoms. The number of aromatic nitrogens is 2. The topological polar surface area (TPSA) is 98.4 Å². The Morgan fingerprint density at radius 2 is 2.17 bits per heavy atom. The van der Waals surface area contributed by atoms with Crippen molar-refractivity contribution in [2.24, 2.45) is 0 Å². The Kier molecular flexibility index (Phi) is 4.06. The molecule has 3 rings (SSSR count). The summed E-state index contributed by atoms with van der Waals surface area (Å²) >= 11 is 0. The van der Waals surface area contributed by atoms with Gasteiger partial charge in [0.15, 0.2) is 0 Å². The lowest BCUT2D eigenvalue weighted by atomic mass is 9.97. The molecule has 2 aliphatic heterocycles. The summed E-state index contributed by atoms with van der Waals surface area (Å²) < 4.78 is 0. The van der Waals surface area contributed by atoms with Crippen molar-refractivity contribution in [3.8, 4) is 0 Å². The molecular formula is C16H23N5O3. The number of H-pyrrole nitrogens is 1. The minimum Gasteiger partial charge on any atom is -0.346 e. The summed E-state index contributed by atoms with van der Waals surface area (Å²) in [7, 11) is 0. The van der Waals surface area contributed by atoms with Crippen LogP contribution in [0, 0.1) is 6.92 Å². The summed E-state index contributed by atoms with van der Waals surface area (Å²) in [4.78, 5) is 47.0. The van der Waals surface area contributed by atoms with E-state index >= 15 is 0 Å². The third kappa shape index (κ3) is 3.00. The van der Waals surface area contributed by atoms with Crippen molar-refractivity contribution in [2.45, 2.75) is 45.1 Å². The van der Waals surface area contributed by atoms with Crippen molar-refractivity contribution in [3.05, 3.63) is 17.7 Å². The normalized spacial score (nSPS) is 23.5. The lowest BCUT2D eigenvalue weighted by Crippen LogP contribution is -2.47. The first kappa shape index (κ1) is 16.5. The number of piperidine rings is 1. The van der Waals surface area contributed by atoms with E-state index in [1.165, 1.54) is 0 Å². The van der Waals surface area contributed by atoms with Crippen LogP contribution in [0.4, 0.5) is 4.79 Å². The molecule has 3 heterocycles. The number of carbonyl (C=O) groups excluding carboxylic acids is 3. The van der Waals surface area contributed by atoms with E-state index in [-0.39, 0.29) is 24.3 Å². The van der Waals surface area contributed by atoms with Crippen LogP contribution in [0.25, 0.3) is 0 Å². The van der Waals surface area contributed by atoms with Gasteiger partial charge in [-0.05, 0) is 33.6 Å². The second-order valence-electron chi connectivity index (χ2n) is 7.08. The lowest BCUT2D eigenvalue weighted by Gasteiger charge is -2.32. The molecular weight excluding hydrogens is 310 g/mol. The molecule has 1 unspecified atom stereocenters. The highest BCUT2D eigenvalue weighted by molar-refractivity contribution is 6.08. The van der Waals surface area contributed by atoms with Crippen molar-refractivity contribution >= 4 is 17.8 Å². The van der Waals surface area contributed by atoms with Crippen molar-refractivity contribution < 1.29 is 14.4 Å². The second kappa shape index (κ2) is 5.92. The van der Waals surface area contributed by atoms with Crippen LogP contribution in [-0.2, 0) is 9.59 Å². The third-order valence-corrected chi connectivity index (χ3v) is 4.62. The van der Waals surface area contributed by atoms with Crippen LogP contribution in [0.2, 0.25) is 0 Å². The Morgan fingerprint density at radius 3 is 2.75 bits per heavy atom. The zero-order valence-corrected chi connectivity index (χ0v) is 14.3. The van der Waals surface area contributed by atoms with Crippen LogP contribution in [0.5, 0.6) is 0 Å². The Hall–Kier alpha value is -2.38. The van der Waals surface area contributed by atoms with Gasteiger partial charge in [-0.25, -0.2) is 9.78 Å². The number of imide groups is 1. The molecule has 0 aromatic carbocycles. The van der Waals surface area contributed by atoms with Crippen molar-refractivity contribution in [1.29, 1.82) is 0 Å². The fourth-order valence-electron chi connectivity index (χ4n) is 3.26. The average molecular weight is 333 g/mol. The molecule has 2 N–H and O–H groups in total.